The minimum atomic E-state index is -3.50. The van der Waals surface area contributed by atoms with Crippen molar-refractivity contribution in [3.8, 4) is 0 Å². The van der Waals surface area contributed by atoms with E-state index in [9.17, 15) is 13.2 Å². The van der Waals surface area contributed by atoms with E-state index in [0.717, 1.165) is 11.8 Å². The van der Waals surface area contributed by atoms with Crippen molar-refractivity contribution in [2.24, 2.45) is 5.92 Å². The predicted molar refractivity (Wildman–Crippen MR) is 80.1 cm³/mol. The molecule has 1 saturated heterocycles. The average Bonchev–Trinajstić information content (AvgIpc) is 2.79. The Kier molecular flexibility index (Phi) is 4.68. The quantitative estimate of drug-likeness (QED) is 0.780. The molecule has 0 unspecified atom stereocenters. The summed E-state index contributed by atoms with van der Waals surface area (Å²) in [6.07, 6.45) is 0.871. The molecular formula is C15H21NO4S. The number of hydrogen-bond donors (Lipinski definition) is 0. The first-order valence-corrected chi connectivity index (χ1v) is 8.82. The molecule has 1 amide bonds. The lowest BCUT2D eigenvalue weighted by molar-refractivity contribution is -0.129. The number of carbonyl (C=O) groups excluding carboxylic acids is 1. The molecule has 0 spiro atoms. The van der Waals surface area contributed by atoms with Gasteiger partial charge >= 0.3 is 0 Å². The number of benzene rings is 1. The van der Waals surface area contributed by atoms with Crippen molar-refractivity contribution in [1.82, 2.24) is 4.90 Å². The molecule has 1 aromatic rings. The molecule has 1 aromatic carbocycles. The molecule has 0 N–H and O–H groups in total. The van der Waals surface area contributed by atoms with Crippen molar-refractivity contribution in [2.45, 2.75) is 32.4 Å². The first-order valence-electron chi connectivity index (χ1n) is 7.00. The first kappa shape index (κ1) is 16.0. The Balaban J connectivity index is 2.06. The van der Waals surface area contributed by atoms with E-state index in [1.54, 1.807) is 11.8 Å². The summed E-state index contributed by atoms with van der Waals surface area (Å²) >= 11 is 0. The van der Waals surface area contributed by atoms with Gasteiger partial charge < -0.3 is 4.90 Å². The Morgan fingerprint density at radius 1 is 1.24 bits per heavy atom. The third kappa shape index (κ3) is 4.04. The molecule has 5 nitrogen and oxygen atoms in total. The van der Waals surface area contributed by atoms with Crippen LogP contribution in [0.2, 0.25) is 0 Å². The summed E-state index contributed by atoms with van der Waals surface area (Å²) in [6.45, 7) is 4.21. The molecular weight excluding hydrogens is 290 g/mol. The summed E-state index contributed by atoms with van der Waals surface area (Å²) in [5, 5.41) is 0. The number of rotatable bonds is 5. The highest BCUT2D eigenvalue weighted by molar-refractivity contribution is 7.86. The lowest BCUT2D eigenvalue weighted by atomic mass is 10.0. The van der Waals surface area contributed by atoms with Gasteiger partial charge in [0.05, 0.1) is 18.4 Å². The molecule has 2 rings (SSSR count). The molecule has 21 heavy (non-hydrogen) atoms. The van der Waals surface area contributed by atoms with E-state index >= 15 is 0 Å². The van der Waals surface area contributed by atoms with Crippen molar-refractivity contribution < 1.29 is 17.4 Å². The highest BCUT2D eigenvalue weighted by atomic mass is 32.2. The molecule has 1 aliphatic heterocycles. The fourth-order valence-corrected chi connectivity index (χ4v) is 3.42. The third-order valence-corrected chi connectivity index (χ3v) is 4.58. The van der Waals surface area contributed by atoms with Gasteiger partial charge in [-0.15, -0.1) is 0 Å². The van der Waals surface area contributed by atoms with Crippen LogP contribution in [0.25, 0.3) is 0 Å². The Morgan fingerprint density at radius 2 is 1.86 bits per heavy atom. The van der Waals surface area contributed by atoms with Crippen LogP contribution in [0.4, 0.5) is 0 Å². The first-order chi connectivity index (χ1) is 9.78. The van der Waals surface area contributed by atoms with Crippen molar-refractivity contribution in [2.75, 3.05) is 12.8 Å². The molecule has 3 atom stereocenters. The maximum Gasteiger partial charge on any atom is 0.264 e. The third-order valence-electron chi connectivity index (χ3n) is 3.93. The van der Waals surface area contributed by atoms with Crippen LogP contribution in [-0.4, -0.2) is 38.1 Å². The number of hydrogen-bond acceptors (Lipinski definition) is 4. The van der Waals surface area contributed by atoms with Crippen LogP contribution in [-0.2, 0) is 19.1 Å². The summed E-state index contributed by atoms with van der Waals surface area (Å²) in [5.41, 5.74) is 1.07. The second-order valence-corrected chi connectivity index (χ2v) is 7.20. The smallest absolute Gasteiger partial charge is 0.264 e. The standard InChI is InChI=1S/C15H21NO4S/c1-11(13-7-5-4-6-8-13)16-10-14(9-15(16)17)12(2)20-21(3,18)19/h4-8,11-12,14H,9-10H2,1-3H3/t11-,12+,14-/m1/s1. The zero-order valence-corrected chi connectivity index (χ0v) is 13.3. The van der Waals surface area contributed by atoms with E-state index in [1.165, 1.54) is 0 Å². The number of nitrogens with zero attached hydrogens (tertiary/aromatic N) is 1. The van der Waals surface area contributed by atoms with Crippen molar-refractivity contribution in [1.29, 1.82) is 0 Å². The Labute approximate surface area is 126 Å². The normalized spacial score (nSPS) is 22.3. The topological polar surface area (TPSA) is 63.7 Å². The fraction of sp³-hybridized carbons (Fsp3) is 0.533. The zero-order valence-electron chi connectivity index (χ0n) is 12.5. The molecule has 1 fully saturated rings. The fourth-order valence-electron chi connectivity index (χ4n) is 2.71. The largest absolute Gasteiger partial charge is 0.336 e. The van der Waals surface area contributed by atoms with Crippen molar-refractivity contribution in [3.63, 3.8) is 0 Å². The van der Waals surface area contributed by atoms with Gasteiger partial charge in [0.2, 0.25) is 5.91 Å². The second kappa shape index (κ2) is 6.15. The molecule has 0 aliphatic carbocycles. The summed E-state index contributed by atoms with van der Waals surface area (Å²) in [5.74, 6) is -0.0568. The van der Waals surface area contributed by atoms with Gasteiger partial charge in [-0.3, -0.25) is 8.98 Å². The van der Waals surface area contributed by atoms with E-state index < -0.39 is 16.2 Å². The number of amides is 1. The van der Waals surface area contributed by atoms with Crippen LogP contribution in [0.5, 0.6) is 0 Å². The second-order valence-electron chi connectivity index (χ2n) is 5.60. The highest BCUT2D eigenvalue weighted by Crippen LogP contribution is 2.31. The molecule has 0 radical (unpaired) electrons. The van der Waals surface area contributed by atoms with Crippen molar-refractivity contribution >= 4 is 16.0 Å². The Bertz CT molecular complexity index is 599. The predicted octanol–water partition coefficient (Wildman–Crippen LogP) is 1.96. The lowest BCUT2D eigenvalue weighted by Crippen LogP contribution is -2.30. The minimum Gasteiger partial charge on any atom is -0.336 e. The van der Waals surface area contributed by atoms with Gasteiger partial charge in [0.25, 0.3) is 10.1 Å². The molecule has 6 heteroatoms. The average molecular weight is 311 g/mol. The van der Waals surface area contributed by atoms with Crippen LogP contribution >= 0.6 is 0 Å². The summed E-state index contributed by atoms with van der Waals surface area (Å²) in [6, 6.07) is 9.78. The molecule has 0 bridgehead atoms. The van der Waals surface area contributed by atoms with Gasteiger partial charge in [0.1, 0.15) is 0 Å². The van der Waals surface area contributed by atoms with Gasteiger partial charge in [-0.1, -0.05) is 30.3 Å². The van der Waals surface area contributed by atoms with Gasteiger partial charge in [0, 0.05) is 18.9 Å². The summed E-state index contributed by atoms with van der Waals surface area (Å²) < 4.78 is 27.4. The molecule has 116 valence electrons. The Hall–Kier alpha value is -1.40. The minimum absolute atomic E-state index is 0.0193. The van der Waals surface area contributed by atoms with E-state index in [4.69, 9.17) is 4.18 Å². The van der Waals surface area contributed by atoms with Gasteiger partial charge in [0.15, 0.2) is 0 Å². The maximum atomic E-state index is 12.2. The van der Waals surface area contributed by atoms with Gasteiger partial charge in [-0.25, -0.2) is 0 Å². The Morgan fingerprint density at radius 3 is 2.43 bits per heavy atom. The van der Waals surface area contributed by atoms with Crippen LogP contribution in [0.3, 0.4) is 0 Å². The SMILES string of the molecule is C[C@H](OS(C)(=O)=O)[C@@H]1CC(=O)N([C@H](C)c2ccccc2)C1. The highest BCUT2D eigenvalue weighted by Gasteiger charge is 2.37. The number of carbonyl (C=O) groups is 1. The monoisotopic (exact) mass is 311 g/mol. The summed E-state index contributed by atoms with van der Waals surface area (Å²) in [4.78, 5) is 14.0. The van der Waals surface area contributed by atoms with Crippen LogP contribution < -0.4 is 0 Å². The molecule has 1 heterocycles. The lowest BCUT2D eigenvalue weighted by Gasteiger charge is -2.26. The molecule has 1 aliphatic rings. The number of likely N-dealkylation sites (tertiary alicyclic amines) is 1. The molecule has 0 saturated carbocycles. The van der Waals surface area contributed by atoms with E-state index in [-0.39, 0.29) is 17.9 Å². The maximum absolute atomic E-state index is 12.2. The van der Waals surface area contributed by atoms with E-state index in [2.05, 4.69) is 0 Å². The van der Waals surface area contributed by atoms with E-state index in [1.807, 2.05) is 37.3 Å². The molecule has 0 aromatic heterocycles. The summed E-state index contributed by atoms with van der Waals surface area (Å²) in [7, 11) is -3.50. The van der Waals surface area contributed by atoms with Crippen LogP contribution in [0, 0.1) is 5.92 Å². The van der Waals surface area contributed by atoms with Crippen LogP contribution in [0.1, 0.15) is 31.9 Å². The van der Waals surface area contributed by atoms with Crippen LogP contribution in [0.15, 0.2) is 30.3 Å². The van der Waals surface area contributed by atoms with E-state index in [0.29, 0.717) is 13.0 Å². The van der Waals surface area contributed by atoms with Gasteiger partial charge in [-0.05, 0) is 19.4 Å². The van der Waals surface area contributed by atoms with Gasteiger partial charge in [-0.2, -0.15) is 8.42 Å². The zero-order chi connectivity index (χ0) is 15.6. The van der Waals surface area contributed by atoms with Crippen molar-refractivity contribution in [3.05, 3.63) is 35.9 Å².